The highest BCUT2D eigenvalue weighted by Gasteiger charge is 2.35. The lowest BCUT2D eigenvalue weighted by atomic mass is 9.84. The van der Waals surface area contributed by atoms with Crippen molar-refractivity contribution in [3.63, 3.8) is 0 Å². The molecule has 154 valence electrons. The minimum Gasteiger partial charge on any atom is -0.385 e. The molecule has 5 nitrogen and oxygen atoms in total. The summed E-state index contributed by atoms with van der Waals surface area (Å²) in [6.45, 7) is 1.23. The molecule has 1 aromatic carbocycles. The number of nitrogens with zero attached hydrogens (tertiary/aromatic N) is 4. The molecule has 0 radical (unpaired) electrons. The predicted octanol–water partition coefficient (Wildman–Crippen LogP) is 4.03. The van der Waals surface area contributed by atoms with E-state index in [0.29, 0.717) is 53.7 Å². The summed E-state index contributed by atoms with van der Waals surface area (Å²) >= 11 is 0.691. The Kier molecular flexibility index (Phi) is 5.07. The lowest BCUT2D eigenvalue weighted by Gasteiger charge is -2.38. The fourth-order valence-corrected chi connectivity index (χ4v) is 4.27. The molecule has 0 unspecified atom stereocenters. The molecule has 0 amide bonds. The Bertz CT molecular complexity index is 975. The van der Waals surface area contributed by atoms with Gasteiger partial charge in [-0.2, -0.15) is 13.2 Å². The highest BCUT2D eigenvalue weighted by Crippen LogP contribution is 2.35. The van der Waals surface area contributed by atoms with Gasteiger partial charge in [0.15, 0.2) is 0 Å². The molecular formula is C19H18F4N4OS. The summed E-state index contributed by atoms with van der Waals surface area (Å²) in [4.78, 5) is 6.08. The van der Waals surface area contributed by atoms with E-state index >= 15 is 0 Å². The van der Waals surface area contributed by atoms with E-state index in [0.717, 1.165) is 6.07 Å². The van der Waals surface area contributed by atoms with E-state index in [4.69, 9.17) is 0 Å². The molecule has 0 atom stereocenters. The van der Waals surface area contributed by atoms with Gasteiger partial charge in [-0.05, 0) is 42.7 Å². The van der Waals surface area contributed by atoms with Gasteiger partial charge < -0.3 is 10.0 Å². The van der Waals surface area contributed by atoms with Crippen LogP contribution < -0.4 is 4.90 Å². The van der Waals surface area contributed by atoms with Crippen LogP contribution in [0, 0.1) is 5.82 Å². The molecule has 1 aliphatic rings. The van der Waals surface area contributed by atoms with Crippen molar-refractivity contribution in [3.8, 4) is 0 Å². The molecule has 2 aromatic heterocycles. The van der Waals surface area contributed by atoms with E-state index in [9.17, 15) is 22.7 Å². The summed E-state index contributed by atoms with van der Waals surface area (Å²) in [6.07, 6.45) is -1.98. The van der Waals surface area contributed by atoms with E-state index in [-0.39, 0.29) is 12.4 Å². The molecule has 0 aliphatic carbocycles. The van der Waals surface area contributed by atoms with Gasteiger partial charge in [0.05, 0.1) is 12.1 Å². The third kappa shape index (κ3) is 4.27. The van der Waals surface area contributed by atoms with Gasteiger partial charge in [0.25, 0.3) is 0 Å². The monoisotopic (exact) mass is 426 g/mol. The first-order valence-corrected chi connectivity index (χ1v) is 9.83. The number of hydrogen-bond acceptors (Lipinski definition) is 5. The fourth-order valence-electron chi connectivity index (χ4n) is 3.41. The Labute approximate surface area is 168 Å². The smallest absolute Gasteiger partial charge is 0.385 e. The van der Waals surface area contributed by atoms with Crippen LogP contribution in [0.5, 0.6) is 0 Å². The summed E-state index contributed by atoms with van der Waals surface area (Å²) in [6, 6.07) is 8.36. The van der Waals surface area contributed by atoms with Crippen LogP contribution in [0.4, 0.5) is 23.5 Å². The quantitative estimate of drug-likeness (QED) is 0.640. The molecule has 1 saturated heterocycles. The maximum Gasteiger partial charge on any atom is 0.425 e. The summed E-state index contributed by atoms with van der Waals surface area (Å²) < 4.78 is 52.8. The zero-order chi connectivity index (χ0) is 20.6. The fraction of sp³-hybridized carbons (Fsp3) is 0.368. The zero-order valence-corrected chi connectivity index (χ0v) is 16.0. The van der Waals surface area contributed by atoms with Crippen LogP contribution in [-0.2, 0) is 18.3 Å². The maximum atomic E-state index is 13.1. The number of benzene rings is 1. The molecule has 3 heterocycles. The van der Waals surface area contributed by atoms with Gasteiger partial charge in [-0.15, -0.1) is 16.4 Å². The normalized spacial score (nSPS) is 16.9. The van der Waals surface area contributed by atoms with Gasteiger partial charge in [-0.1, -0.05) is 12.1 Å². The van der Waals surface area contributed by atoms with Gasteiger partial charge in [0.2, 0.25) is 5.95 Å². The Morgan fingerprint density at radius 1 is 1.07 bits per heavy atom. The van der Waals surface area contributed by atoms with E-state index in [1.807, 2.05) is 4.90 Å². The molecule has 1 fully saturated rings. The molecule has 0 spiro atoms. The van der Waals surface area contributed by atoms with Crippen LogP contribution in [0.2, 0.25) is 0 Å². The second kappa shape index (κ2) is 7.42. The Morgan fingerprint density at radius 2 is 1.76 bits per heavy atom. The largest absolute Gasteiger partial charge is 0.425 e. The molecule has 1 aliphatic heterocycles. The van der Waals surface area contributed by atoms with E-state index < -0.39 is 16.7 Å². The first kappa shape index (κ1) is 19.8. The molecule has 0 bridgehead atoms. The van der Waals surface area contributed by atoms with Gasteiger partial charge in [0.1, 0.15) is 17.0 Å². The van der Waals surface area contributed by atoms with Crippen molar-refractivity contribution in [2.24, 2.45) is 0 Å². The van der Waals surface area contributed by atoms with Crippen molar-refractivity contribution in [1.29, 1.82) is 0 Å². The third-order valence-electron chi connectivity index (χ3n) is 5.04. The first-order chi connectivity index (χ1) is 13.7. The number of piperidine rings is 1. The highest BCUT2D eigenvalue weighted by atomic mass is 32.1. The Balaban J connectivity index is 1.39. The zero-order valence-electron chi connectivity index (χ0n) is 15.2. The number of aromatic nitrogens is 3. The molecule has 4 rings (SSSR count). The minimum atomic E-state index is -4.34. The number of thiophene rings is 1. The average molecular weight is 426 g/mol. The second-order valence-corrected chi connectivity index (χ2v) is 8.20. The number of anilines is 1. The number of rotatable bonds is 4. The topological polar surface area (TPSA) is 54.2 Å². The van der Waals surface area contributed by atoms with Crippen molar-refractivity contribution in [2.45, 2.75) is 31.2 Å². The van der Waals surface area contributed by atoms with Crippen LogP contribution in [0.1, 0.15) is 28.2 Å². The number of aliphatic hydroxyl groups is 1. The van der Waals surface area contributed by atoms with Crippen LogP contribution in [0.3, 0.4) is 0 Å². The summed E-state index contributed by atoms with van der Waals surface area (Å²) in [5.74, 6) is 0.122. The molecule has 29 heavy (non-hydrogen) atoms. The van der Waals surface area contributed by atoms with Crippen LogP contribution >= 0.6 is 11.3 Å². The number of alkyl halides is 3. The summed E-state index contributed by atoms with van der Waals surface area (Å²) in [7, 11) is 0. The van der Waals surface area contributed by atoms with Gasteiger partial charge in [-0.3, -0.25) is 0 Å². The standard InChI is InChI=1S/C19H18F4N4OS/c20-14-3-1-13(2-4-14)18(28)7-9-26(10-8-18)17-24-12-27(25-17)11-15-5-6-16(29-15)19(21,22)23/h1-6,12,28H,7-11H2. The Morgan fingerprint density at radius 3 is 2.38 bits per heavy atom. The van der Waals surface area contributed by atoms with E-state index in [1.54, 1.807) is 12.1 Å². The third-order valence-corrected chi connectivity index (χ3v) is 6.15. The van der Waals surface area contributed by atoms with Crippen molar-refractivity contribution in [1.82, 2.24) is 14.8 Å². The second-order valence-electron chi connectivity index (χ2n) is 7.03. The average Bonchev–Trinajstić information content (AvgIpc) is 3.33. The molecule has 1 N–H and O–H groups in total. The van der Waals surface area contributed by atoms with Crippen molar-refractivity contribution in [2.75, 3.05) is 18.0 Å². The minimum absolute atomic E-state index is 0.209. The van der Waals surface area contributed by atoms with Crippen LogP contribution in [0.25, 0.3) is 0 Å². The van der Waals surface area contributed by atoms with Crippen molar-refractivity contribution < 1.29 is 22.7 Å². The van der Waals surface area contributed by atoms with Crippen molar-refractivity contribution in [3.05, 3.63) is 63.9 Å². The number of hydrogen-bond donors (Lipinski definition) is 1. The van der Waals surface area contributed by atoms with Gasteiger partial charge >= 0.3 is 6.18 Å². The first-order valence-electron chi connectivity index (χ1n) is 9.02. The Hall–Kier alpha value is -2.46. The summed E-state index contributed by atoms with van der Waals surface area (Å²) in [5, 5.41) is 15.2. The molecule has 0 saturated carbocycles. The SMILES string of the molecule is OC1(c2ccc(F)cc2)CCN(c2ncn(Cc3ccc(C(F)(F)F)s3)n2)CC1. The van der Waals surface area contributed by atoms with E-state index in [2.05, 4.69) is 10.1 Å². The molecule has 10 heteroatoms. The highest BCUT2D eigenvalue weighted by molar-refractivity contribution is 7.12. The van der Waals surface area contributed by atoms with Gasteiger partial charge in [-0.25, -0.2) is 14.1 Å². The maximum absolute atomic E-state index is 13.1. The number of halogens is 4. The molecular weight excluding hydrogens is 408 g/mol. The van der Waals surface area contributed by atoms with E-state index in [1.165, 1.54) is 29.2 Å². The van der Waals surface area contributed by atoms with Crippen LogP contribution in [-0.4, -0.2) is 33.0 Å². The van der Waals surface area contributed by atoms with Gasteiger partial charge in [0, 0.05) is 18.0 Å². The lowest BCUT2D eigenvalue weighted by molar-refractivity contribution is -0.134. The summed E-state index contributed by atoms with van der Waals surface area (Å²) in [5.41, 5.74) is -0.354. The lowest BCUT2D eigenvalue weighted by Crippen LogP contribution is -2.43. The van der Waals surface area contributed by atoms with Crippen molar-refractivity contribution >= 4 is 17.3 Å². The van der Waals surface area contributed by atoms with Crippen LogP contribution in [0.15, 0.2) is 42.7 Å². The predicted molar refractivity (Wildman–Crippen MR) is 100 cm³/mol. The molecule has 3 aromatic rings.